The molecule has 1 fully saturated rings. The zero-order valence-electron chi connectivity index (χ0n) is 18.6. The van der Waals surface area contributed by atoms with E-state index in [4.69, 9.17) is 4.74 Å². The highest BCUT2D eigenvalue weighted by atomic mass is 16.5. The summed E-state index contributed by atoms with van der Waals surface area (Å²) >= 11 is 0. The van der Waals surface area contributed by atoms with Crippen LogP contribution in [0.15, 0.2) is 53.5 Å². The maximum absolute atomic E-state index is 11.7. The quantitative estimate of drug-likeness (QED) is 0.449. The van der Waals surface area contributed by atoms with Crippen LogP contribution in [0, 0.1) is 0 Å². The standard InChI is InChI=1S/C24H33N5O2/c1-25-23(30)19-11-9-18(10-12-19)16-27-24(26-2)28-17-22(29-13-4-5-14-29)20-7-6-8-21(15-20)31-3/h6-12,15,22H,4-5,13-14,16-17H2,1-3H3,(H,25,30)(H2,26,27,28). The first-order chi connectivity index (χ1) is 15.1. The number of carbonyl (C=O) groups excluding carboxylic acids is 1. The van der Waals surface area contributed by atoms with Crippen molar-refractivity contribution < 1.29 is 9.53 Å². The van der Waals surface area contributed by atoms with Crippen LogP contribution in [-0.2, 0) is 6.54 Å². The summed E-state index contributed by atoms with van der Waals surface area (Å²) in [4.78, 5) is 18.6. The van der Waals surface area contributed by atoms with E-state index >= 15 is 0 Å². The van der Waals surface area contributed by atoms with Gasteiger partial charge in [0.15, 0.2) is 5.96 Å². The number of guanidine groups is 1. The molecule has 0 aliphatic carbocycles. The molecule has 0 aromatic heterocycles. The molecule has 1 aliphatic rings. The van der Waals surface area contributed by atoms with Crippen molar-refractivity contribution in [3.63, 3.8) is 0 Å². The van der Waals surface area contributed by atoms with Gasteiger partial charge in [-0.05, 0) is 61.3 Å². The van der Waals surface area contributed by atoms with Crippen LogP contribution in [-0.4, -0.2) is 57.6 Å². The van der Waals surface area contributed by atoms with Crippen molar-refractivity contribution in [2.45, 2.75) is 25.4 Å². The first-order valence-corrected chi connectivity index (χ1v) is 10.8. The molecule has 0 saturated carbocycles. The fourth-order valence-electron chi connectivity index (χ4n) is 3.88. The molecular formula is C24H33N5O2. The Hall–Kier alpha value is -3.06. The first kappa shape index (κ1) is 22.6. The molecule has 1 amide bonds. The van der Waals surface area contributed by atoms with Crippen molar-refractivity contribution in [1.29, 1.82) is 0 Å². The van der Waals surface area contributed by atoms with E-state index in [0.717, 1.165) is 36.9 Å². The van der Waals surface area contributed by atoms with E-state index in [9.17, 15) is 4.79 Å². The van der Waals surface area contributed by atoms with Crippen molar-refractivity contribution in [3.05, 3.63) is 65.2 Å². The van der Waals surface area contributed by atoms with E-state index in [2.05, 4.69) is 38.0 Å². The fourth-order valence-corrected chi connectivity index (χ4v) is 3.88. The van der Waals surface area contributed by atoms with Gasteiger partial charge in [0, 0.05) is 32.7 Å². The van der Waals surface area contributed by atoms with Crippen LogP contribution in [0.25, 0.3) is 0 Å². The minimum Gasteiger partial charge on any atom is -0.497 e. The van der Waals surface area contributed by atoms with Gasteiger partial charge in [0.25, 0.3) is 5.91 Å². The topological polar surface area (TPSA) is 78.0 Å². The lowest BCUT2D eigenvalue weighted by atomic mass is 10.1. The number of nitrogens with one attached hydrogen (secondary N) is 3. The highest BCUT2D eigenvalue weighted by Crippen LogP contribution is 2.27. The van der Waals surface area contributed by atoms with Crippen molar-refractivity contribution in [2.75, 3.05) is 40.8 Å². The van der Waals surface area contributed by atoms with Crippen LogP contribution in [0.5, 0.6) is 5.75 Å². The lowest BCUT2D eigenvalue weighted by Crippen LogP contribution is -2.42. The molecule has 1 saturated heterocycles. The van der Waals surface area contributed by atoms with Crippen molar-refractivity contribution in [3.8, 4) is 5.75 Å². The number of hydrogen-bond donors (Lipinski definition) is 3. The SMILES string of the molecule is CN=C(NCc1ccc(C(=O)NC)cc1)NCC(c1cccc(OC)c1)N1CCCC1. The van der Waals surface area contributed by atoms with Gasteiger partial charge in [-0.15, -0.1) is 0 Å². The third-order valence-corrected chi connectivity index (χ3v) is 5.65. The average molecular weight is 424 g/mol. The number of aliphatic imine (C=N–C) groups is 1. The predicted molar refractivity (Wildman–Crippen MR) is 125 cm³/mol. The van der Waals surface area contributed by atoms with Gasteiger partial charge in [0.1, 0.15) is 5.75 Å². The zero-order valence-corrected chi connectivity index (χ0v) is 18.6. The lowest BCUT2D eigenvalue weighted by Gasteiger charge is -2.29. The Morgan fingerprint density at radius 1 is 1.13 bits per heavy atom. The third-order valence-electron chi connectivity index (χ3n) is 5.65. The summed E-state index contributed by atoms with van der Waals surface area (Å²) in [5, 5.41) is 9.48. The summed E-state index contributed by atoms with van der Waals surface area (Å²) in [6, 6.07) is 16.1. The molecule has 7 heteroatoms. The molecule has 1 heterocycles. The molecule has 2 aromatic carbocycles. The van der Waals surface area contributed by atoms with Crippen LogP contribution >= 0.6 is 0 Å². The minimum atomic E-state index is -0.0810. The molecule has 7 nitrogen and oxygen atoms in total. The molecule has 3 N–H and O–H groups in total. The van der Waals surface area contributed by atoms with E-state index in [1.165, 1.54) is 18.4 Å². The van der Waals surface area contributed by atoms with Gasteiger partial charge >= 0.3 is 0 Å². The molecular weight excluding hydrogens is 390 g/mol. The van der Waals surface area contributed by atoms with E-state index in [-0.39, 0.29) is 11.9 Å². The normalized spacial score (nSPS) is 15.4. The number of likely N-dealkylation sites (tertiary alicyclic amines) is 1. The lowest BCUT2D eigenvalue weighted by molar-refractivity contribution is 0.0963. The Balaban J connectivity index is 1.60. The molecule has 1 atom stereocenters. The third kappa shape index (κ3) is 6.21. The maximum Gasteiger partial charge on any atom is 0.251 e. The van der Waals surface area contributed by atoms with Gasteiger partial charge < -0.3 is 20.7 Å². The van der Waals surface area contributed by atoms with Gasteiger partial charge in [0.2, 0.25) is 0 Å². The van der Waals surface area contributed by atoms with Crippen LogP contribution in [0.3, 0.4) is 0 Å². The van der Waals surface area contributed by atoms with Crippen LogP contribution in [0.1, 0.15) is 40.4 Å². The second-order valence-electron chi connectivity index (χ2n) is 7.62. The minimum absolute atomic E-state index is 0.0810. The van der Waals surface area contributed by atoms with Crippen LogP contribution in [0.2, 0.25) is 0 Å². The largest absolute Gasteiger partial charge is 0.497 e. The molecule has 0 spiro atoms. The summed E-state index contributed by atoms with van der Waals surface area (Å²) in [5.41, 5.74) is 2.98. The number of ether oxygens (including phenoxy) is 1. The highest BCUT2D eigenvalue weighted by Gasteiger charge is 2.24. The number of nitrogens with zero attached hydrogens (tertiary/aromatic N) is 2. The van der Waals surface area contributed by atoms with Crippen LogP contribution < -0.4 is 20.7 Å². The fraction of sp³-hybridized carbons (Fsp3) is 0.417. The van der Waals surface area contributed by atoms with Gasteiger partial charge in [-0.1, -0.05) is 24.3 Å². The Labute approximate surface area is 184 Å². The van der Waals surface area contributed by atoms with Gasteiger partial charge in [-0.2, -0.15) is 0 Å². The monoisotopic (exact) mass is 423 g/mol. The molecule has 3 rings (SSSR count). The molecule has 0 radical (unpaired) electrons. The molecule has 0 bridgehead atoms. The maximum atomic E-state index is 11.7. The highest BCUT2D eigenvalue weighted by molar-refractivity contribution is 5.93. The summed E-state index contributed by atoms with van der Waals surface area (Å²) < 4.78 is 5.43. The summed E-state index contributed by atoms with van der Waals surface area (Å²) in [6.07, 6.45) is 2.47. The number of carbonyl (C=O) groups is 1. The van der Waals surface area contributed by atoms with Crippen LogP contribution in [0.4, 0.5) is 0 Å². The Bertz CT molecular complexity index is 876. The Morgan fingerprint density at radius 2 is 1.87 bits per heavy atom. The van der Waals surface area contributed by atoms with Crippen molar-refractivity contribution >= 4 is 11.9 Å². The molecule has 166 valence electrons. The Kier molecular flexibility index (Phi) is 8.29. The summed E-state index contributed by atoms with van der Waals surface area (Å²) in [5.74, 6) is 1.55. The molecule has 2 aromatic rings. The molecule has 1 unspecified atom stereocenters. The number of rotatable bonds is 8. The average Bonchev–Trinajstić information content (AvgIpc) is 3.35. The number of benzene rings is 2. The number of amides is 1. The number of hydrogen-bond acceptors (Lipinski definition) is 4. The van der Waals surface area contributed by atoms with E-state index < -0.39 is 0 Å². The summed E-state index contributed by atoms with van der Waals surface area (Å²) in [7, 11) is 5.12. The summed E-state index contributed by atoms with van der Waals surface area (Å²) in [6.45, 7) is 3.59. The molecule has 1 aliphatic heterocycles. The van der Waals surface area contributed by atoms with Gasteiger partial charge in [0.05, 0.1) is 13.2 Å². The second kappa shape index (κ2) is 11.4. The van der Waals surface area contributed by atoms with E-state index in [0.29, 0.717) is 12.1 Å². The van der Waals surface area contributed by atoms with E-state index in [1.807, 2.05) is 36.4 Å². The van der Waals surface area contributed by atoms with E-state index in [1.54, 1.807) is 21.2 Å². The Morgan fingerprint density at radius 3 is 2.52 bits per heavy atom. The van der Waals surface area contributed by atoms with Gasteiger partial charge in [-0.3, -0.25) is 14.7 Å². The van der Waals surface area contributed by atoms with Crippen molar-refractivity contribution in [1.82, 2.24) is 20.9 Å². The van der Waals surface area contributed by atoms with Crippen molar-refractivity contribution in [2.24, 2.45) is 4.99 Å². The predicted octanol–water partition coefficient (Wildman–Crippen LogP) is 2.56. The zero-order chi connectivity index (χ0) is 22.1. The number of methoxy groups -OCH3 is 1. The second-order valence-corrected chi connectivity index (χ2v) is 7.62. The molecule has 31 heavy (non-hydrogen) atoms. The van der Waals surface area contributed by atoms with Gasteiger partial charge in [-0.25, -0.2) is 0 Å². The first-order valence-electron chi connectivity index (χ1n) is 10.8. The smallest absolute Gasteiger partial charge is 0.251 e.